The van der Waals surface area contributed by atoms with Crippen LogP contribution in [-0.4, -0.2) is 88.1 Å². The van der Waals surface area contributed by atoms with Crippen LogP contribution in [0.4, 0.5) is 4.79 Å². The van der Waals surface area contributed by atoms with Gasteiger partial charge in [-0.05, 0) is 45.7 Å². The van der Waals surface area contributed by atoms with Crippen LogP contribution in [-0.2, 0) is 65.5 Å². The van der Waals surface area contributed by atoms with Crippen LogP contribution in [0.1, 0.15) is 52.2 Å². The molecule has 4 atom stereocenters. The lowest BCUT2D eigenvalue weighted by atomic mass is 9.86. The van der Waals surface area contributed by atoms with Crippen LogP contribution in [0.5, 0.6) is 0 Å². The normalized spacial score (nSPS) is 20.2. The van der Waals surface area contributed by atoms with Crippen molar-refractivity contribution in [1.29, 1.82) is 0 Å². The van der Waals surface area contributed by atoms with Crippen molar-refractivity contribution in [2.24, 2.45) is 0 Å². The molecule has 47 heavy (non-hydrogen) atoms. The first-order valence-electron chi connectivity index (χ1n) is 15.3. The number of hydrogen-bond donors (Lipinski definition) is 1. The minimum Gasteiger partial charge on any atom is -0.464 e. The molecular formula is C33H45NO12S. The fourth-order valence-electron chi connectivity index (χ4n) is 4.91. The molecule has 1 aliphatic heterocycles. The lowest BCUT2D eigenvalue weighted by Gasteiger charge is -2.43. The number of alkyl carbamates (subject to hydrolysis) is 1. The van der Waals surface area contributed by atoms with Gasteiger partial charge < -0.3 is 28.4 Å². The third kappa shape index (κ3) is 11.6. The molecule has 1 N–H and O–H groups in total. The summed E-state index contributed by atoms with van der Waals surface area (Å²) in [6, 6.07) is 18.5. The standard InChI is InChI=1S/C33H45NO12S/c1-7-40-29(35)33(30(36)41-8-2,34-31(37)45-32(3,4)5)19-25-28(46-47(6,38)39)27(44-21-24-17-13-10-14-18-24)26(22-43-25)42-20-23-15-11-9-12-16-23/h9-18,25-28H,7-8,19-22H2,1-6H3,(H,34,37)/t25-,26+,27-,28-/m1/s1. The van der Waals surface area contributed by atoms with Crippen LogP contribution in [0.25, 0.3) is 0 Å². The van der Waals surface area contributed by atoms with Gasteiger partial charge in [-0.1, -0.05) is 60.7 Å². The summed E-state index contributed by atoms with van der Waals surface area (Å²) in [4.78, 5) is 40.3. The predicted octanol–water partition coefficient (Wildman–Crippen LogP) is 3.68. The molecule has 0 bridgehead atoms. The van der Waals surface area contributed by atoms with Crippen molar-refractivity contribution in [3.8, 4) is 0 Å². The molecule has 2 aromatic carbocycles. The number of amides is 1. The molecule has 260 valence electrons. The summed E-state index contributed by atoms with van der Waals surface area (Å²) in [7, 11) is -4.19. The summed E-state index contributed by atoms with van der Waals surface area (Å²) in [5.74, 6) is -2.31. The van der Waals surface area contributed by atoms with E-state index in [9.17, 15) is 22.8 Å². The lowest BCUT2D eigenvalue weighted by Crippen LogP contribution is -2.66. The topological polar surface area (TPSA) is 162 Å². The third-order valence-electron chi connectivity index (χ3n) is 6.88. The summed E-state index contributed by atoms with van der Waals surface area (Å²) in [6.07, 6.45) is -5.64. The van der Waals surface area contributed by atoms with Crippen molar-refractivity contribution in [2.45, 2.75) is 89.8 Å². The number of ether oxygens (including phenoxy) is 6. The van der Waals surface area contributed by atoms with E-state index in [0.717, 1.165) is 17.4 Å². The quantitative estimate of drug-likeness (QED) is 0.126. The first kappa shape index (κ1) is 37.9. The molecule has 1 fully saturated rings. The van der Waals surface area contributed by atoms with Gasteiger partial charge >= 0.3 is 18.0 Å². The van der Waals surface area contributed by atoms with Gasteiger partial charge in [0.2, 0.25) is 5.54 Å². The number of carbonyl (C=O) groups is 3. The number of benzene rings is 2. The molecule has 14 heteroatoms. The Kier molecular flexibility index (Phi) is 13.7. The largest absolute Gasteiger partial charge is 0.464 e. The molecule has 0 unspecified atom stereocenters. The molecule has 0 saturated carbocycles. The summed E-state index contributed by atoms with van der Waals surface area (Å²) >= 11 is 0. The van der Waals surface area contributed by atoms with Gasteiger partial charge in [0.1, 0.15) is 23.9 Å². The zero-order chi connectivity index (χ0) is 34.7. The van der Waals surface area contributed by atoms with E-state index in [4.69, 9.17) is 32.6 Å². The number of hydrogen-bond acceptors (Lipinski definition) is 12. The van der Waals surface area contributed by atoms with Gasteiger partial charge in [-0.3, -0.25) is 9.50 Å². The Balaban J connectivity index is 2.06. The molecule has 1 saturated heterocycles. The Morgan fingerprint density at radius 3 is 1.81 bits per heavy atom. The van der Waals surface area contributed by atoms with Crippen molar-refractivity contribution in [3.63, 3.8) is 0 Å². The number of esters is 2. The summed E-state index contributed by atoms with van der Waals surface area (Å²) in [5, 5.41) is 2.35. The van der Waals surface area contributed by atoms with Crippen molar-refractivity contribution < 1.29 is 55.4 Å². The van der Waals surface area contributed by atoms with Gasteiger partial charge in [0.15, 0.2) is 0 Å². The van der Waals surface area contributed by atoms with Crippen molar-refractivity contribution in [1.82, 2.24) is 5.32 Å². The van der Waals surface area contributed by atoms with E-state index in [1.165, 1.54) is 13.8 Å². The molecular weight excluding hydrogens is 634 g/mol. The minimum absolute atomic E-state index is 0.0457. The van der Waals surface area contributed by atoms with E-state index in [0.29, 0.717) is 0 Å². The Morgan fingerprint density at radius 1 is 0.830 bits per heavy atom. The minimum atomic E-state index is -4.19. The zero-order valence-electron chi connectivity index (χ0n) is 27.6. The van der Waals surface area contributed by atoms with Gasteiger partial charge in [-0.2, -0.15) is 8.42 Å². The first-order valence-corrected chi connectivity index (χ1v) is 17.2. The summed E-state index contributed by atoms with van der Waals surface area (Å²) in [5.41, 5.74) is -1.88. The average molecular weight is 680 g/mol. The Hall–Kier alpha value is -3.56. The maximum absolute atomic E-state index is 13.6. The fourth-order valence-corrected chi connectivity index (χ4v) is 5.54. The number of rotatable bonds is 15. The molecule has 0 radical (unpaired) electrons. The molecule has 0 spiro atoms. The molecule has 3 rings (SSSR count). The molecule has 13 nitrogen and oxygen atoms in total. The second kappa shape index (κ2) is 17.0. The van der Waals surface area contributed by atoms with Crippen molar-refractivity contribution in [2.75, 3.05) is 26.1 Å². The van der Waals surface area contributed by atoms with Gasteiger partial charge in [-0.15, -0.1) is 0 Å². The van der Waals surface area contributed by atoms with Crippen molar-refractivity contribution in [3.05, 3.63) is 71.8 Å². The van der Waals surface area contributed by atoms with Crippen LogP contribution in [0.15, 0.2) is 60.7 Å². The second-order valence-electron chi connectivity index (χ2n) is 11.9. The van der Waals surface area contributed by atoms with Crippen LogP contribution >= 0.6 is 0 Å². The third-order valence-corrected chi connectivity index (χ3v) is 7.45. The molecule has 1 amide bonds. The van der Waals surface area contributed by atoms with Crippen LogP contribution in [0, 0.1) is 0 Å². The van der Waals surface area contributed by atoms with Gasteiger partial charge in [0, 0.05) is 6.42 Å². The molecule has 0 aromatic heterocycles. The Morgan fingerprint density at radius 2 is 1.34 bits per heavy atom. The maximum Gasteiger partial charge on any atom is 0.409 e. The summed E-state index contributed by atoms with van der Waals surface area (Å²) < 4.78 is 65.4. The Labute approximate surface area is 276 Å². The predicted molar refractivity (Wildman–Crippen MR) is 169 cm³/mol. The summed E-state index contributed by atoms with van der Waals surface area (Å²) in [6.45, 7) is 7.61. The van der Waals surface area contributed by atoms with Gasteiger partial charge in [0.05, 0.1) is 45.4 Å². The highest BCUT2D eigenvalue weighted by Gasteiger charge is 2.57. The van der Waals surface area contributed by atoms with E-state index in [-0.39, 0.29) is 33.0 Å². The average Bonchev–Trinajstić information content (AvgIpc) is 2.99. The number of carbonyl (C=O) groups excluding carboxylic acids is 3. The fraction of sp³-hybridized carbons (Fsp3) is 0.545. The van der Waals surface area contributed by atoms with E-state index < -0.39 is 70.1 Å². The SMILES string of the molecule is CCOC(=O)C(C[C@H]1OC[C@H](OCc2ccccc2)[C@@H](OCc2ccccc2)[C@@H]1OS(C)(=O)=O)(NC(=O)OC(C)(C)C)C(=O)OCC. The van der Waals surface area contributed by atoms with Gasteiger partial charge in [0.25, 0.3) is 10.1 Å². The van der Waals surface area contributed by atoms with Crippen LogP contribution in [0.2, 0.25) is 0 Å². The highest BCUT2D eigenvalue weighted by Crippen LogP contribution is 2.32. The molecule has 2 aromatic rings. The molecule has 1 heterocycles. The Bertz CT molecular complexity index is 1390. The smallest absolute Gasteiger partial charge is 0.409 e. The monoisotopic (exact) mass is 679 g/mol. The first-order chi connectivity index (χ1) is 22.2. The van der Waals surface area contributed by atoms with E-state index in [1.54, 1.807) is 20.8 Å². The zero-order valence-corrected chi connectivity index (χ0v) is 28.4. The highest BCUT2D eigenvalue weighted by atomic mass is 32.2. The van der Waals surface area contributed by atoms with E-state index in [2.05, 4.69) is 5.32 Å². The van der Waals surface area contributed by atoms with Gasteiger partial charge in [-0.25, -0.2) is 14.4 Å². The van der Waals surface area contributed by atoms with E-state index >= 15 is 0 Å². The maximum atomic E-state index is 13.6. The van der Waals surface area contributed by atoms with Crippen molar-refractivity contribution >= 4 is 28.1 Å². The van der Waals surface area contributed by atoms with E-state index in [1.807, 2.05) is 60.7 Å². The lowest BCUT2D eigenvalue weighted by molar-refractivity contribution is -0.220. The van der Waals surface area contributed by atoms with Crippen LogP contribution in [0.3, 0.4) is 0 Å². The molecule has 0 aliphatic carbocycles. The number of nitrogens with one attached hydrogen (secondary N) is 1. The second-order valence-corrected chi connectivity index (χ2v) is 13.5. The molecule has 1 aliphatic rings. The highest BCUT2D eigenvalue weighted by molar-refractivity contribution is 7.86. The van der Waals surface area contributed by atoms with Crippen LogP contribution < -0.4 is 5.32 Å².